The molecule has 1 aromatic carbocycles. The van der Waals surface area contributed by atoms with Crippen LogP contribution < -0.4 is 0 Å². The molecule has 0 aromatic heterocycles. The number of carbonyl (C=O) groups excluding carboxylic acids is 2. The van der Waals surface area contributed by atoms with Gasteiger partial charge >= 0.3 is 0 Å². The van der Waals surface area contributed by atoms with E-state index in [0.29, 0.717) is 32.6 Å². The van der Waals surface area contributed by atoms with Gasteiger partial charge in [0.05, 0.1) is 11.3 Å². The third-order valence-electron chi connectivity index (χ3n) is 5.03. The Labute approximate surface area is 152 Å². The smallest absolute Gasteiger partial charge is 0.232 e. The molecular formula is C18H22Cl2N2O2. The van der Waals surface area contributed by atoms with Crippen LogP contribution in [-0.4, -0.2) is 52.1 Å². The fourth-order valence-corrected chi connectivity index (χ4v) is 3.70. The van der Waals surface area contributed by atoms with Gasteiger partial charge in [-0.1, -0.05) is 30.3 Å². The first-order valence-electron chi connectivity index (χ1n) is 8.25. The minimum Gasteiger partial charge on any atom is -0.339 e. The summed E-state index contributed by atoms with van der Waals surface area (Å²) in [5, 5.41) is 0. The predicted octanol–water partition coefficient (Wildman–Crippen LogP) is 2.83. The summed E-state index contributed by atoms with van der Waals surface area (Å²) < 4.78 is -0.890. The van der Waals surface area contributed by atoms with E-state index < -0.39 is 9.75 Å². The summed E-state index contributed by atoms with van der Waals surface area (Å²) in [4.78, 5) is 28.9. The summed E-state index contributed by atoms with van der Waals surface area (Å²) >= 11 is 12.0. The zero-order valence-corrected chi connectivity index (χ0v) is 15.5. The standard InChI is InChI=1S/C18H22Cl2N2O2/c1-17(2,13-6-4-3-5-7-13)16(24)22-10-8-21(9-11-22)15(23)14-12-18(14,19)20/h3-7,14H,8-12H2,1-2H3. The van der Waals surface area contributed by atoms with E-state index in [-0.39, 0.29) is 17.7 Å². The number of rotatable bonds is 3. The van der Waals surface area contributed by atoms with E-state index in [0.717, 1.165) is 5.56 Å². The number of nitrogens with zero attached hydrogens (tertiary/aromatic N) is 2. The second-order valence-electron chi connectivity index (χ2n) is 7.13. The molecule has 0 bridgehead atoms. The Morgan fingerprint density at radius 2 is 1.54 bits per heavy atom. The first kappa shape index (κ1) is 17.6. The summed E-state index contributed by atoms with van der Waals surface area (Å²) in [6.07, 6.45) is 0.523. The molecule has 0 spiro atoms. The molecule has 0 N–H and O–H groups in total. The average Bonchev–Trinajstić information content (AvgIpc) is 3.23. The molecule has 1 atom stereocenters. The van der Waals surface area contributed by atoms with E-state index >= 15 is 0 Å². The first-order chi connectivity index (χ1) is 11.2. The molecule has 2 aliphatic rings. The molecule has 1 saturated carbocycles. The topological polar surface area (TPSA) is 40.6 Å². The summed E-state index contributed by atoms with van der Waals surface area (Å²) in [5.41, 5.74) is 0.422. The number of hydrogen-bond acceptors (Lipinski definition) is 2. The highest BCUT2D eigenvalue weighted by molar-refractivity contribution is 6.52. The van der Waals surface area contributed by atoms with Crippen molar-refractivity contribution in [2.45, 2.75) is 30.0 Å². The van der Waals surface area contributed by atoms with Crippen molar-refractivity contribution in [3.8, 4) is 0 Å². The highest BCUT2D eigenvalue weighted by Gasteiger charge is 2.57. The number of hydrogen-bond donors (Lipinski definition) is 0. The van der Waals surface area contributed by atoms with Gasteiger partial charge in [0.2, 0.25) is 11.8 Å². The quantitative estimate of drug-likeness (QED) is 0.769. The molecule has 1 heterocycles. The van der Waals surface area contributed by atoms with Gasteiger partial charge in [-0.05, 0) is 25.8 Å². The highest BCUT2D eigenvalue weighted by atomic mass is 35.5. The van der Waals surface area contributed by atoms with Crippen molar-refractivity contribution in [3.05, 3.63) is 35.9 Å². The summed E-state index contributed by atoms with van der Waals surface area (Å²) in [5.74, 6) is -0.186. The summed E-state index contributed by atoms with van der Waals surface area (Å²) in [6.45, 7) is 6.06. The first-order valence-corrected chi connectivity index (χ1v) is 9.00. The summed E-state index contributed by atoms with van der Waals surface area (Å²) in [7, 11) is 0. The van der Waals surface area contributed by atoms with Crippen LogP contribution in [0.3, 0.4) is 0 Å². The van der Waals surface area contributed by atoms with Crippen LogP contribution in [0.1, 0.15) is 25.8 Å². The van der Waals surface area contributed by atoms with Crippen molar-refractivity contribution in [2.24, 2.45) is 5.92 Å². The van der Waals surface area contributed by atoms with Crippen LogP contribution in [0.25, 0.3) is 0 Å². The van der Waals surface area contributed by atoms with Crippen LogP contribution in [0.2, 0.25) is 0 Å². The van der Waals surface area contributed by atoms with Gasteiger partial charge in [0.15, 0.2) is 0 Å². The van der Waals surface area contributed by atoms with Gasteiger partial charge in [-0.15, -0.1) is 23.2 Å². The molecule has 1 aliphatic carbocycles. The van der Waals surface area contributed by atoms with E-state index in [1.165, 1.54) is 0 Å². The van der Waals surface area contributed by atoms with Crippen LogP contribution in [-0.2, 0) is 15.0 Å². The maximum atomic E-state index is 12.9. The van der Waals surface area contributed by atoms with Crippen molar-refractivity contribution in [2.75, 3.05) is 26.2 Å². The second kappa shape index (κ2) is 6.23. The Bertz CT molecular complexity index is 638. The van der Waals surface area contributed by atoms with E-state index in [2.05, 4.69) is 0 Å². The largest absolute Gasteiger partial charge is 0.339 e. The number of alkyl halides is 2. The molecule has 4 nitrogen and oxygen atoms in total. The Morgan fingerprint density at radius 3 is 2.04 bits per heavy atom. The number of amides is 2. The van der Waals surface area contributed by atoms with Crippen LogP contribution in [0.4, 0.5) is 0 Å². The molecule has 0 radical (unpaired) electrons. The fraction of sp³-hybridized carbons (Fsp3) is 0.556. The molecule has 130 valence electrons. The van der Waals surface area contributed by atoms with E-state index in [1.54, 1.807) is 4.90 Å². The van der Waals surface area contributed by atoms with Gasteiger partial charge in [-0.3, -0.25) is 9.59 Å². The predicted molar refractivity (Wildman–Crippen MR) is 95.2 cm³/mol. The Morgan fingerprint density at radius 1 is 1.04 bits per heavy atom. The van der Waals surface area contributed by atoms with Crippen LogP contribution in [0.5, 0.6) is 0 Å². The lowest BCUT2D eigenvalue weighted by Gasteiger charge is -2.39. The molecular weight excluding hydrogens is 347 g/mol. The van der Waals surface area contributed by atoms with Crippen molar-refractivity contribution in [3.63, 3.8) is 0 Å². The zero-order valence-electron chi connectivity index (χ0n) is 14.0. The Kier molecular flexibility index (Phi) is 4.56. The van der Waals surface area contributed by atoms with Gasteiger partial charge in [-0.25, -0.2) is 0 Å². The molecule has 1 aliphatic heterocycles. The third-order valence-corrected chi connectivity index (χ3v) is 5.87. The molecule has 24 heavy (non-hydrogen) atoms. The van der Waals surface area contributed by atoms with E-state index in [1.807, 2.05) is 49.1 Å². The molecule has 1 aromatic rings. The molecule has 3 rings (SSSR count). The number of piperazine rings is 1. The molecule has 1 unspecified atom stereocenters. The van der Waals surface area contributed by atoms with Crippen LogP contribution in [0.15, 0.2) is 30.3 Å². The van der Waals surface area contributed by atoms with E-state index in [4.69, 9.17) is 23.2 Å². The third kappa shape index (κ3) is 3.27. The van der Waals surface area contributed by atoms with Gasteiger partial charge in [-0.2, -0.15) is 0 Å². The number of halogens is 2. The monoisotopic (exact) mass is 368 g/mol. The highest BCUT2D eigenvalue weighted by Crippen LogP contribution is 2.53. The van der Waals surface area contributed by atoms with Crippen LogP contribution in [0, 0.1) is 5.92 Å². The number of carbonyl (C=O) groups is 2. The minimum atomic E-state index is -0.890. The zero-order chi connectivity index (χ0) is 17.5. The van der Waals surface area contributed by atoms with E-state index in [9.17, 15) is 9.59 Å². The molecule has 1 saturated heterocycles. The van der Waals surface area contributed by atoms with Gasteiger partial charge in [0.25, 0.3) is 0 Å². The van der Waals surface area contributed by atoms with Crippen molar-refractivity contribution >= 4 is 35.0 Å². The van der Waals surface area contributed by atoms with Crippen molar-refractivity contribution in [1.82, 2.24) is 9.80 Å². The van der Waals surface area contributed by atoms with Crippen molar-refractivity contribution < 1.29 is 9.59 Å². The second-order valence-corrected chi connectivity index (χ2v) is 8.67. The van der Waals surface area contributed by atoms with Gasteiger partial charge in [0.1, 0.15) is 4.33 Å². The van der Waals surface area contributed by atoms with Crippen LogP contribution >= 0.6 is 23.2 Å². The van der Waals surface area contributed by atoms with Crippen molar-refractivity contribution in [1.29, 1.82) is 0 Å². The maximum absolute atomic E-state index is 12.9. The summed E-state index contributed by atoms with van der Waals surface area (Å²) in [6, 6.07) is 9.79. The molecule has 2 fully saturated rings. The Hall–Kier alpha value is -1.26. The lowest BCUT2D eigenvalue weighted by molar-refractivity contribution is -0.143. The molecule has 6 heteroatoms. The lowest BCUT2D eigenvalue weighted by atomic mass is 9.83. The SMILES string of the molecule is CC(C)(C(=O)N1CCN(C(=O)C2CC2(Cl)Cl)CC1)c1ccccc1. The molecule has 2 amide bonds. The normalized spacial score (nSPS) is 23.1. The Balaban J connectivity index is 1.60. The lowest BCUT2D eigenvalue weighted by Crippen LogP contribution is -2.54. The van der Waals surface area contributed by atoms with Gasteiger partial charge < -0.3 is 9.80 Å². The average molecular weight is 369 g/mol. The fourth-order valence-electron chi connectivity index (χ4n) is 3.21. The number of benzene rings is 1. The maximum Gasteiger partial charge on any atom is 0.232 e. The van der Waals surface area contributed by atoms with Gasteiger partial charge in [0, 0.05) is 26.2 Å². The minimum absolute atomic E-state index is 0.00872.